The Balaban J connectivity index is 3.02. The standard InChI is InChI=1S/C6H4.Li/c1-2-4-6-5-3-1;/h1-3,6H;. The number of rotatable bonds is 0. The van der Waals surface area contributed by atoms with E-state index in [9.17, 15) is 0 Å². The molecule has 0 saturated carbocycles. The summed E-state index contributed by atoms with van der Waals surface area (Å²) in [5.41, 5.74) is 0. The zero-order valence-electron chi connectivity index (χ0n) is 4.31. The average molecular weight is 83.0 g/mol. The van der Waals surface area contributed by atoms with E-state index in [1.54, 1.807) is 0 Å². The van der Waals surface area contributed by atoms with E-state index in [1.165, 1.54) is 4.24 Å². The second-order valence-corrected chi connectivity index (χ2v) is 1.58. The molecule has 0 spiro atoms. The van der Waals surface area contributed by atoms with Crippen molar-refractivity contribution in [3.8, 4) is 0 Å². The number of hydrogen-bond donors (Lipinski definition) is 0. The van der Waals surface area contributed by atoms with Gasteiger partial charge in [-0.3, -0.25) is 0 Å². The Morgan fingerprint density at radius 1 is 1.57 bits per heavy atom. The third-order valence-corrected chi connectivity index (χ3v) is 0.863. The molecule has 1 radical (unpaired) electrons. The van der Waals surface area contributed by atoms with E-state index in [1.807, 2.05) is 18.2 Å². The molecule has 0 aromatic heterocycles. The first kappa shape index (κ1) is 4.96. The predicted molar refractivity (Wildman–Crippen MR) is 30.7 cm³/mol. The van der Waals surface area contributed by atoms with Crippen molar-refractivity contribution in [2.24, 2.45) is 0 Å². The van der Waals surface area contributed by atoms with Crippen LogP contribution in [0.25, 0.3) is 0 Å². The van der Waals surface area contributed by atoms with Gasteiger partial charge < -0.3 is 0 Å². The third kappa shape index (κ3) is 1.39. The number of benzene rings is 1. The van der Waals surface area contributed by atoms with Crippen LogP contribution in [0.5, 0.6) is 0 Å². The van der Waals surface area contributed by atoms with Crippen LogP contribution in [0, 0.1) is 6.07 Å². The summed E-state index contributed by atoms with van der Waals surface area (Å²) in [6.07, 6.45) is 0. The molecule has 0 unspecified atom stereocenters. The van der Waals surface area contributed by atoms with Gasteiger partial charge in [-0.05, 0) is 0 Å². The Bertz CT molecular complexity index is 134. The zero-order valence-corrected chi connectivity index (χ0v) is 4.31. The van der Waals surface area contributed by atoms with Gasteiger partial charge in [-0.1, -0.05) is 0 Å². The summed E-state index contributed by atoms with van der Waals surface area (Å²) >= 11 is 2.05. The molecule has 0 fully saturated rings. The molecule has 1 rings (SSSR count). The minimum atomic E-state index is 1.27. The van der Waals surface area contributed by atoms with E-state index < -0.39 is 0 Å². The molecule has 0 atom stereocenters. The van der Waals surface area contributed by atoms with Crippen LogP contribution in [0.3, 0.4) is 0 Å². The molecule has 1 aromatic carbocycles. The van der Waals surface area contributed by atoms with Crippen LogP contribution in [0.4, 0.5) is 0 Å². The van der Waals surface area contributed by atoms with Gasteiger partial charge in [0.15, 0.2) is 0 Å². The Labute approximate surface area is 52.8 Å². The van der Waals surface area contributed by atoms with Crippen LogP contribution >= 0.6 is 0 Å². The molecule has 0 saturated heterocycles. The molecular formula is C6H4Li. The molecule has 1 heteroatoms. The topological polar surface area (TPSA) is 0 Å². The van der Waals surface area contributed by atoms with Crippen LogP contribution in [0.15, 0.2) is 24.3 Å². The van der Waals surface area contributed by atoms with E-state index in [-0.39, 0.29) is 0 Å². The van der Waals surface area contributed by atoms with E-state index in [0.29, 0.717) is 0 Å². The second kappa shape index (κ2) is 2.21. The molecule has 0 N–H and O–H groups in total. The summed E-state index contributed by atoms with van der Waals surface area (Å²) < 4.78 is 1.27. The summed E-state index contributed by atoms with van der Waals surface area (Å²) in [6, 6.07) is 10.8. The van der Waals surface area contributed by atoms with E-state index in [2.05, 4.69) is 29.8 Å². The van der Waals surface area contributed by atoms with Crippen molar-refractivity contribution in [2.45, 2.75) is 0 Å². The molecule has 0 aliphatic carbocycles. The fraction of sp³-hybridized carbons (Fsp3) is 0. The summed E-state index contributed by atoms with van der Waals surface area (Å²) in [4.78, 5) is 0. The summed E-state index contributed by atoms with van der Waals surface area (Å²) in [5.74, 6) is 0. The summed E-state index contributed by atoms with van der Waals surface area (Å²) in [5, 5.41) is 0. The van der Waals surface area contributed by atoms with Crippen molar-refractivity contribution >= 4 is 22.0 Å². The first-order valence-electron chi connectivity index (χ1n) is 2.32. The van der Waals surface area contributed by atoms with Crippen LogP contribution < -0.4 is 4.24 Å². The van der Waals surface area contributed by atoms with Crippen molar-refractivity contribution in [2.75, 3.05) is 0 Å². The van der Waals surface area contributed by atoms with Gasteiger partial charge in [-0.25, -0.2) is 0 Å². The van der Waals surface area contributed by atoms with Crippen molar-refractivity contribution < 1.29 is 0 Å². The van der Waals surface area contributed by atoms with Crippen molar-refractivity contribution in [1.29, 1.82) is 0 Å². The summed E-state index contributed by atoms with van der Waals surface area (Å²) in [6.45, 7) is 0. The average Bonchev–Trinajstić information content (AvgIpc) is 1.69. The van der Waals surface area contributed by atoms with Gasteiger partial charge in [0.25, 0.3) is 0 Å². The van der Waals surface area contributed by atoms with Crippen molar-refractivity contribution in [3.05, 3.63) is 30.3 Å². The molecular weight excluding hydrogens is 79.0 g/mol. The molecule has 0 heterocycles. The van der Waals surface area contributed by atoms with E-state index in [0.717, 1.165) is 0 Å². The van der Waals surface area contributed by atoms with Gasteiger partial charge >= 0.3 is 52.3 Å². The van der Waals surface area contributed by atoms with Gasteiger partial charge in [0.05, 0.1) is 0 Å². The van der Waals surface area contributed by atoms with E-state index in [4.69, 9.17) is 0 Å². The van der Waals surface area contributed by atoms with Gasteiger partial charge in [0.2, 0.25) is 0 Å². The van der Waals surface area contributed by atoms with Crippen molar-refractivity contribution in [1.82, 2.24) is 0 Å². The molecule has 0 aliphatic heterocycles. The SMILES string of the molecule is [Li][c]1c[c]ccc1. The predicted octanol–water partition coefficient (Wildman–Crippen LogP) is 0.281. The van der Waals surface area contributed by atoms with E-state index >= 15 is 0 Å². The minimum absolute atomic E-state index is 1.27. The molecule has 0 bridgehead atoms. The Morgan fingerprint density at radius 3 is 2.71 bits per heavy atom. The van der Waals surface area contributed by atoms with Crippen LogP contribution in [0.1, 0.15) is 0 Å². The van der Waals surface area contributed by atoms with Gasteiger partial charge in [-0.2, -0.15) is 0 Å². The van der Waals surface area contributed by atoms with Crippen molar-refractivity contribution in [3.63, 3.8) is 0 Å². The Morgan fingerprint density at radius 2 is 2.43 bits per heavy atom. The third-order valence-electron chi connectivity index (χ3n) is 0.863. The first-order valence-corrected chi connectivity index (χ1v) is 2.32. The fourth-order valence-corrected chi connectivity index (χ4v) is 0.483. The molecule has 1 aromatic rings. The van der Waals surface area contributed by atoms with Gasteiger partial charge in [-0.15, -0.1) is 0 Å². The molecule has 0 amide bonds. The van der Waals surface area contributed by atoms with Gasteiger partial charge in [0.1, 0.15) is 0 Å². The Hall–Kier alpha value is -0.183. The maximum atomic E-state index is 2.96. The fourth-order valence-electron chi connectivity index (χ4n) is 0.483. The second-order valence-electron chi connectivity index (χ2n) is 1.58. The summed E-state index contributed by atoms with van der Waals surface area (Å²) in [7, 11) is 0. The first-order chi connectivity index (χ1) is 3.39. The van der Waals surface area contributed by atoms with Gasteiger partial charge in [0, 0.05) is 0 Å². The maximum absolute atomic E-state index is 2.96. The number of hydrogen-bond acceptors (Lipinski definition) is 0. The Kier molecular flexibility index (Phi) is 1.57. The zero-order chi connectivity index (χ0) is 5.11. The van der Waals surface area contributed by atoms with Crippen LogP contribution in [-0.4, -0.2) is 17.7 Å². The quantitative estimate of drug-likeness (QED) is 0.395. The normalized spacial score (nSPS) is 8.86. The molecule has 29 valence electrons. The molecule has 7 heavy (non-hydrogen) atoms. The molecule has 0 aliphatic rings. The monoisotopic (exact) mass is 83.0 g/mol. The van der Waals surface area contributed by atoms with Crippen LogP contribution in [0.2, 0.25) is 0 Å². The molecule has 0 nitrogen and oxygen atoms in total. The van der Waals surface area contributed by atoms with Crippen LogP contribution in [-0.2, 0) is 0 Å².